The number of benzene rings is 1. The molecule has 0 saturated carbocycles. The molecule has 0 unspecified atom stereocenters. The number of amides is 1. The highest BCUT2D eigenvalue weighted by molar-refractivity contribution is 6.32. The lowest BCUT2D eigenvalue weighted by Crippen LogP contribution is -2.43. The number of carbonyl (C=O) groups excluding carboxylic acids is 1. The number of aryl methyl sites for hydroxylation is 2. The molecule has 2 heterocycles. The molecule has 0 bridgehead atoms. The van der Waals surface area contributed by atoms with E-state index >= 15 is 0 Å². The zero-order chi connectivity index (χ0) is 18.7. The molecule has 0 radical (unpaired) electrons. The molecule has 0 N–H and O–H groups in total. The number of rotatable bonds is 5. The average Bonchev–Trinajstić information content (AvgIpc) is 3.12. The summed E-state index contributed by atoms with van der Waals surface area (Å²) < 4.78 is 16.4. The molecule has 3 rings (SSSR count). The van der Waals surface area contributed by atoms with Crippen molar-refractivity contribution in [2.24, 2.45) is 0 Å². The van der Waals surface area contributed by atoms with E-state index < -0.39 is 0 Å². The van der Waals surface area contributed by atoms with Crippen molar-refractivity contribution in [2.75, 3.05) is 20.2 Å². The number of carbonyl (C=O) groups is 1. The van der Waals surface area contributed by atoms with Crippen molar-refractivity contribution in [3.63, 3.8) is 0 Å². The first kappa shape index (κ1) is 18.7. The van der Waals surface area contributed by atoms with Crippen LogP contribution in [0.3, 0.4) is 0 Å². The minimum absolute atomic E-state index is 0.0822. The zero-order valence-electron chi connectivity index (χ0n) is 15.3. The van der Waals surface area contributed by atoms with Gasteiger partial charge in [-0.1, -0.05) is 16.8 Å². The van der Waals surface area contributed by atoms with Crippen molar-refractivity contribution in [3.05, 3.63) is 45.8 Å². The van der Waals surface area contributed by atoms with Gasteiger partial charge in [0.2, 0.25) is 0 Å². The smallest absolute Gasteiger partial charge is 0.276 e. The number of ether oxygens (including phenoxy) is 2. The molecule has 1 aromatic heterocycles. The summed E-state index contributed by atoms with van der Waals surface area (Å²) in [5.41, 5.74) is 2.20. The monoisotopic (exact) mass is 378 g/mol. The Morgan fingerprint density at radius 1 is 1.35 bits per heavy atom. The summed E-state index contributed by atoms with van der Waals surface area (Å²) in [6.45, 7) is 5.35. The van der Waals surface area contributed by atoms with Crippen LogP contribution in [0, 0.1) is 13.8 Å². The Kier molecular flexibility index (Phi) is 5.84. The van der Waals surface area contributed by atoms with E-state index in [0.29, 0.717) is 30.3 Å². The first-order valence-electron chi connectivity index (χ1n) is 8.65. The molecule has 1 atom stereocenters. The third-order valence-corrected chi connectivity index (χ3v) is 5.16. The van der Waals surface area contributed by atoms with Gasteiger partial charge in [-0.05, 0) is 49.9 Å². The van der Waals surface area contributed by atoms with E-state index in [1.807, 2.05) is 26.0 Å². The molecule has 1 amide bonds. The fraction of sp³-hybridized carbons (Fsp3) is 0.474. The summed E-state index contributed by atoms with van der Waals surface area (Å²) in [5.74, 6) is 1.06. The number of halogens is 1. The lowest BCUT2D eigenvalue weighted by atomic mass is 10.1. The number of hydrogen-bond donors (Lipinski definition) is 0. The molecule has 26 heavy (non-hydrogen) atoms. The molecule has 1 aliphatic heterocycles. The van der Waals surface area contributed by atoms with E-state index in [0.717, 1.165) is 29.0 Å². The highest BCUT2D eigenvalue weighted by Gasteiger charge is 2.26. The Hall–Kier alpha value is -2.05. The van der Waals surface area contributed by atoms with E-state index in [1.165, 1.54) is 0 Å². The Balaban J connectivity index is 1.62. The van der Waals surface area contributed by atoms with Gasteiger partial charge in [0, 0.05) is 31.3 Å². The molecule has 2 aromatic rings. The van der Waals surface area contributed by atoms with Crippen LogP contribution in [-0.4, -0.2) is 42.3 Å². The van der Waals surface area contributed by atoms with Crippen LogP contribution in [0.1, 0.15) is 40.2 Å². The lowest BCUT2D eigenvalue weighted by Gasteiger charge is -2.31. The molecular formula is C19H23ClN2O4. The minimum atomic E-state index is -0.139. The highest BCUT2D eigenvalue weighted by Crippen LogP contribution is 2.26. The Morgan fingerprint density at radius 2 is 2.08 bits per heavy atom. The number of nitrogens with zero attached hydrogens (tertiary/aromatic N) is 2. The van der Waals surface area contributed by atoms with Gasteiger partial charge in [-0.15, -0.1) is 0 Å². The van der Waals surface area contributed by atoms with E-state index in [2.05, 4.69) is 5.16 Å². The normalized spacial score (nSPS) is 17.4. The SMILES string of the molecule is CO[C@@H]1CCCN(C(=O)c2cc(COc3cc(C)c(Cl)c(C)c3)on2)C1. The molecule has 7 heteroatoms. The molecule has 0 spiro atoms. The number of hydrogen-bond acceptors (Lipinski definition) is 5. The molecule has 1 fully saturated rings. The largest absolute Gasteiger partial charge is 0.486 e. The van der Waals surface area contributed by atoms with E-state index in [-0.39, 0.29) is 18.6 Å². The van der Waals surface area contributed by atoms with Crippen LogP contribution in [0.4, 0.5) is 0 Å². The maximum absolute atomic E-state index is 12.6. The van der Waals surface area contributed by atoms with Crippen molar-refractivity contribution in [3.8, 4) is 5.75 Å². The zero-order valence-corrected chi connectivity index (χ0v) is 16.0. The quantitative estimate of drug-likeness (QED) is 0.792. The van der Waals surface area contributed by atoms with Crippen LogP contribution in [-0.2, 0) is 11.3 Å². The van der Waals surface area contributed by atoms with Crippen LogP contribution >= 0.6 is 11.6 Å². The summed E-state index contributed by atoms with van der Waals surface area (Å²) in [6.07, 6.45) is 1.98. The molecule has 140 valence electrons. The van der Waals surface area contributed by atoms with Gasteiger partial charge in [0.25, 0.3) is 5.91 Å². The van der Waals surface area contributed by atoms with Gasteiger partial charge in [-0.2, -0.15) is 0 Å². The predicted molar refractivity (Wildman–Crippen MR) is 97.7 cm³/mol. The average molecular weight is 379 g/mol. The van der Waals surface area contributed by atoms with E-state index in [9.17, 15) is 4.79 Å². The second-order valence-corrected chi connectivity index (χ2v) is 6.97. The first-order valence-corrected chi connectivity index (χ1v) is 9.03. The van der Waals surface area contributed by atoms with Gasteiger partial charge in [0.1, 0.15) is 12.4 Å². The molecule has 1 saturated heterocycles. The van der Waals surface area contributed by atoms with Crippen molar-refractivity contribution in [2.45, 2.75) is 39.4 Å². The van der Waals surface area contributed by atoms with Gasteiger partial charge in [0.05, 0.1) is 6.10 Å². The Bertz CT molecular complexity index is 767. The van der Waals surface area contributed by atoms with E-state index in [1.54, 1.807) is 18.1 Å². The number of methoxy groups -OCH3 is 1. The topological polar surface area (TPSA) is 64.8 Å². The Labute approximate surface area is 158 Å². The van der Waals surface area contributed by atoms with Crippen LogP contribution in [0.25, 0.3) is 0 Å². The molecule has 6 nitrogen and oxygen atoms in total. The highest BCUT2D eigenvalue weighted by atomic mass is 35.5. The lowest BCUT2D eigenvalue weighted by molar-refractivity contribution is 0.0263. The number of likely N-dealkylation sites (tertiary alicyclic amines) is 1. The standard InChI is InChI=1S/C19H23ClN2O4/c1-12-7-15(8-13(2)18(12)20)25-11-16-9-17(21-26-16)19(23)22-6-4-5-14(10-22)24-3/h7-9,14H,4-6,10-11H2,1-3H3/t14-/m1/s1. The van der Waals surface area contributed by atoms with Gasteiger partial charge >= 0.3 is 0 Å². The van der Waals surface area contributed by atoms with Crippen LogP contribution in [0.2, 0.25) is 5.02 Å². The second-order valence-electron chi connectivity index (χ2n) is 6.59. The van der Waals surface area contributed by atoms with Crippen molar-refractivity contribution in [1.82, 2.24) is 10.1 Å². The van der Waals surface area contributed by atoms with Crippen molar-refractivity contribution in [1.29, 1.82) is 0 Å². The van der Waals surface area contributed by atoms with Crippen LogP contribution in [0.5, 0.6) is 5.75 Å². The Morgan fingerprint density at radius 3 is 2.77 bits per heavy atom. The first-order chi connectivity index (χ1) is 12.5. The van der Waals surface area contributed by atoms with Crippen molar-refractivity contribution < 1.29 is 18.8 Å². The summed E-state index contributed by atoms with van der Waals surface area (Å²) in [7, 11) is 1.67. The van der Waals surface area contributed by atoms with E-state index in [4.69, 9.17) is 25.6 Å². The van der Waals surface area contributed by atoms with Crippen LogP contribution < -0.4 is 4.74 Å². The summed E-state index contributed by atoms with van der Waals surface area (Å²) in [6, 6.07) is 5.38. The summed E-state index contributed by atoms with van der Waals surface area (Å²) in [4.78, 5) is 14.3. The number of aromatic nitrogens is 1. The summed E-state index contributed by atoms with van der Waals surface area (Å²) >= 11 is 6.16. The maximum atomic E-state index is 12.6. The van der Waals surface area contributed by atoms with Gasteiger partial charge in [-0.3, -0.25) is 4.79 Å². The fourth-order valence-corrected chi connectivity index (χ4v) is 3.21. The molecule has 1 aliphatic rings. The van der Waals surface area contributed by atoms with Gasteiger partial charge in [0.15, 0.2) is 11.5 Å². The predicted octanol–water partition coefficient (Wildman–Crippen LogP) is 3.77. The molecular weight excluding hydrogens is 356 g/mol. The second kappa shape index (κ2) is 8.10. The molecule has 1 aromatic carbocycles. The fourth-order valence-electron chi connectivity index (χ4n) is 3.10. The van der Waals surface area contributed by atoms with Crippen molar-refractivity contribution >= 4 is 17.5 Å². The molecule has 0 aliphatic carbocycles. The third-order valence-electron chi connectivity index (χ3n) is 4.57. The maximum Gasteiger partial charge on any atom is 0.276 e. The van der Waals surface area contributed by atoms with Gasteiger partial charge in [-0.25, -0.2) is 0 Å². The minimum Gasteiger partial charge on any atom is -0.486 e. The number of piperidine rings is 1. The third kappa shape index (κ3) is 4.19. The summed E-state index contributed by atoms with van der Waals surface area (Å²) in [5, 5.41) is 4.63. The van der Waals surface area contributed by atoms with Gasteiger partial charge < -0.3 is 18.9 Å². The van der Waals surface area contributed by atoms with Crippen LogP contribution in [0.15, 0.2) is 22.7 Å².